The first-order chi connectivity index (χ1) is 5.22. The average molecular weight is 272 g/mol. The van der Waals surface area contributed by atoms with E-state index in [-0.39, 0.29) is 19.2 Å². The molecule has 0 saturated carbocycles. The molecule has 1 unspecified atom stereocenters. The van der Waals surface area contributed by atoms with E-state index >= 15 is 0 Å². The minimum atomic E-state index is -0.766. The molecule has 1 heterocycles. The van der Waals surface area contributed by atoms with Crippen molar-refractivity contribution in [1.29, 1.82) is 0 Å². The molecule has 1 N–H and O–H groups in total. The first-order valence-corrected chi connectivity index (χ1v) is 4.17. The second-order valence-electron chi connectivity index (χ2n) is 2.57. The van der Waals surface area contributed by atoms with Crippen molar-refractivity contribution in [3.05, 3.63) is 0 Å². The summed E-state index contributed by atoms with van der Waals surface area (Å²) in [5.41, 5.74) is -0.766. The van der Waals surface area contributed by atoms with Gasteiger partial charge in [-0.15, -0.1) is 0 Å². The van der Waals surface area contributed by atoms with E-state index in [1.807, 2.05) is 0 Å². The number of carbonyl (C=O) groups is 1. The Labute approximate surface area is 78.6 Å². The van der Waals surface area contributed by atoms with Crippen LogP contribution in [0.1, 0.15) is 12.8 Å². The quantitative estimate of drug-likeness (QED) is 0.597. The van der Waals surface area contributed by atoms with Crippen LogP contribution in [0.3, 0.4) is 0 Å². The number of hydrogen-bond donors (Lipinski definition) is 1. The number of aliphatic hydroxyl groups excluding tert-OH is 1. The number of ether oxygens (including phenoxy) is 1. The summed E-state index contributed by atoms with van der Waals surface area (Å²) in [7, 11) is 0. The number of hydrogen-bond acceptors (Lipinski definition) is 4. The molecule has 0 spiro atoms. The maximum Gasteiger partial charge on any atom is 0.306 e. The van der Waals surface area contributed by atoms with E-state index in [9.17, 15) is 4.79 Å². The second-order valence-corrected chi connectivity index (χ2v) is 3.19. The Kier molecular flexibility index (Phi) is 3.08. The SMILES string of the molecule is O=C1CCC(CO)(COI)O1. The van der Waals surface area contributed by atoms with Crippen molar-refractivity contribution >= 4 is 29.0 Å². The zero-order valence-corrected chi connectivity index (χ0v) is 8.04. The van der Waals surface area contributed by atoms with Gasteiger partial charge in [0, 0.05) is 12.8 Å². The summed E-state index contributed by atoms with van der Waals surface area (Å²) in [6.07, 6.45) is 0.923. The molecule has 0 aromatic heterocycles. The van der Waals surface area contributed by atoms with Gasteiger partial charge < -0.3 is 12.9 Å². The van der Waals surface area contributed by atoms with Gasteiger partial charge in [-0.1, -0.05) is 0 Å². The predicted octanol–water partition coefficient (Wildman–Crippen LogP) is 0.421. The highest BCUT2D eigenvalue weighted by atomic mass is 127. The maximum absolute atomic E-state index is 10.7. The van der Waals surface area contributed by atoms with E-state index in [1.165, 1.54) is 0 Å². The zero-order chi connectivity index (χ0) is 8.32. The molecule has 1 fully saturated rings. The molecule has 0 bridgehead atoms. The van der Waals surface area contributed by atoms with Crippen molar-refractivity contribution in [3.8, 4) is 0 Å². The van der Waals surface area contributed by atoms with Gasteiger partial charge in [0.1, 0.15) is 29.6 Å². The topological polar surface area (TPSA) is 55.8 Å². The summed E-state index contributed by atoms with van der Waals surface area (Å²) in [4.78, 5) is 10.7. The molecule has 0 aromatic rings. The summed E-state index contributed by atoms with van der Waals surface area (Å²) >= 11 is 1.72. The molecule has 1 atom stereocenters. The number of halogens is 1. The van der Waals surface area contributed by atoms with Crippen LogP contribution in [0.5, 0.6) is 0 Å². The largest absolute Gasteiger partial charge is 0.454 e. The molecule has 1 saturated heterocycles. The Hall–Kier alpha value is 0.120. The smallest absolute Gasteiger partial charge is 0.306 e. The number of carbonyl (C=O) groups excluding carboxylic acids is 1. The highest BCUT2D eigenvalue weighted by molar-refractivity contribution is 14.1. The third kappa shape index (κ3) is 2.03. The third-order valence-corrected chi connectivity index (χ3v) is 2.03. The van der Waals surface area contributed by atoms with Crippen LogP contribution in [-0.2, 0) is 12.6 Å². The number of rotatable bonds is 3. The predicted molar refractivity (Wildman–Crippen MR) is 45.1 cm³/mol. The average Bonchev–Trinajstić information content (AvgIpc) is 2.34. The Morgan fingerprint density at radius 2 is 2.55 bits per heavy atom. The molecule has 5 heteroatoms. The lowest BCUT2D eigenvalue weighted by molar-refractivity contribution is -0.153. The first-order valence-electron chi connectivity index (χ1n) is 3.29. The van der Waals surface area contributed by atoms with Gasteiger partial charge >= 0.3 is 5.97 Å². The highest BCUT2D eigenvalue weighted by Gasteiger charge is 2.40. The van der Waals surface area contributed by atoms with E-state index in [4.69, 9.17) is 12.9 Å². The third-order valence-electron chi connectivity index (χ3n) is 1.72. The zero-order valence-electron chi connectivity index (χ0n) is 5.88. The van der Waals surface area contributed by atoms with Crippen molar-refractivity contribution in [1.82, 2.24) is 0 Å². The first kappa shape index (κ1) is 9.21. The van der Waals surface area contributed by atoms with E-state index in [0.29, 0.717) is 12.8 Å². The standard InChI is InChI=1S/C6H9IO4/c7-10-4-6(3-8)2-1-5(9)11-6/h8H,1-4H2. The van der Waals surface area contributed by atoms with Crippen molar-refractivity contribution in [2.45, 2.75) is 18.4 Å². The maximum atomic E-state index is 10.7. The number of cyclic esters (lactones) is 1. The summed E-state index contributed by atoms with van der Waals surface area (Å²) in [5.74, 6) is -0.257. The monoisotopic (exact) mass is 272 g/mol. The molecule has 0 aromatic carbocycles. The Balaban J connectivity index is 2.54. The molecule has 0 amide bonds. The van der Waals surface area contributed by atoms with Gasteiger partial charge in [-0.3, -0.25) is 4.79 Å². The molecule has 0 aliphatic carbocycles. The molecule has 4 nitrogen and oxygen atoms in total. The molecule has 1 aliphatic rings. The van der Waals surface area contributed by atoms with Crippen molar-refractivity contribution in [3.63, 3.8) is 0 Å². The second kappa shape index (κ2) is 3.68. The van der Waals surface area contributed by atoms with Crippen LogP contribution in [0.25, 0.3) is 0 Å². The molecular formula is C6H9IO4. The lowest BCUT2D eigenvalue weighted by Crippen LogP contribution is -2.37. The van der Waals surface area contributed by atoms with Gasteiger partial charge in [0.05, 0.1) is 6.61 Å². The van der Waals surface area contributed by atoms with Gasteiger partial charge in [0.2, 0.25) is 0 Å². The molecule has 1 rings (SSSR count). The van der Waals surface area contributed by atoms with Gasteiger partial charge in [-0.05, 0) is 0 Å². The summed E-state index contributed by atoms with van der Waals surface area (Å²) in [5, 5.41) is 8.90. The molecular weight excluding hydrogens is 263 g/mol. The minimum Gasteiger partial charge on any atom is -0.454 e. The van der Waals surface area contributed by atoms with Crippen molar-refractivity contribution in [2.24, 2.45) is 0 Å². The van der Waals surface area contributed by atoms with Crippen LogP contribution in [-0.4, -0.2) is 29.9 Å². The fourth-order valence-electron chi connectivity index (χ4n) is 1.03. The molecule has 64 valence electrons. The summed E-state index contributed by atoms with van der Waals surface area (Å²) in [6, 6.07) is 0. The highest BCUT2D eigenvalue weighted by Crippen LogP contribution is 2.26. The van der Waals surface area contributed by atoms with Crippen molar-refractivity contribution < 1.29 is 17.7 Å². The van der Waals surface area contributed by atoms with Crippen LogP contribution in [0, 0.1) is 0 Å². The fourth-order valence-corrected chi connectivity index (χ4v) is 1.60. The lowest BCUT2D eigenvalue weighted by Gasteiger charge is -2.22. The Morgan fingerprint density at radius 3 is 2.91 bits per heavy atom. The fraction of sp³-hybridized carbons (Fsp3) is 0.833. The summed E-state index contributed by atoms with van der Waals surface area (Å²) in [6.45, 7) is 0.0948. The summed E-state index contributed by atoms with van der Waals surface area (Å²) < 4.78 is 9.72. The number of esters is 1. The number of aliphatic hydroxyl groups is 1. The van der Waals surface area contributed by atoms with Gasteiger partial charge in [0.25, 0.3) is 0 Å². The minimum absolute atomic E-state index is 0.165. The lowest BCUT2D eigenvalue weighted by atomic mass is 10.0. The van der Waals surface area contributed by atoms with Gasteiger partial charge in [-0.25, -0.2) is 0 Å². The Bertz CT molecular complexity index is 161. The van der Waals surface area contributed by atoms with Crippen LogP contribution < -0.4 is 0 Å². The van der Waals surface area contributed by atoms with Crippen LogP contribution in [0.4, 0.5) is 0 Å². The van der Waals surface area contributed by atoms with Gasteiger partial charge in [-0.2, -0.15) is 0 Å². The van der Waals surface area contributed by atoms with E-state index in [1.54, 1.807) is 23.0 Å². The van der Waals surface area contributed by atoms with Crippen LogP contribution in [0.15, 0.2) is 0 Å². The Morgan fingerprint density at radius 1 is 1.82 bits per heavy atom. The van der Waals surface area contributed by atoms with E-state index in [2.05, 4.69) is 0 Å². The van der Waals surface area contributed by atoms with Crippen LogP contribution in [0.2, 0.25) is 0 Å². The van der Waals surface area contributed by atoms with Crippen molar-refractivity contribution in [2.75, 3.05) is 13.2 Å². The van der Waals surface area contributed by atoms with E-state index in [0.717, 1.165) is 0 Å². The van der Waals surface area contributed by atoms with Crippen LogP contribution >= 0.6 is 23.0 Å². The normalized spacial score (nSPS) is 30.5. The molecule has 1 aliphatic heterocycles. The van der Waals surface area contributed by atoms with E-state index < -0.39 is 5.60 Å². The molecule has 11 heavy (non-hydrogen) atoms. The van der Waals surface area contributed by atoms with Gasteiger partial charge in [0.15, 0.2) is 5.60 Å². The molecule has 0 radical (unpaired) electrons.